The molecule has 0 heterocycles. The zero-order valence-electron chi connectivity index (χ0n) is 36.3. The van der Waals surface area contributed by atoms with Crippen molar-refractivity contribution in [3.63, 3.8) is 0 Å². The minimum atomic E-state index is 0.179. The minimum Gasteiger partial charge on any atom is -0.378 e. The Kier molecular flexibility index (Phi) is 21.7. The maximum Gasteiger partial charge on any atom is 0.0637 e. The number of hydrogen-bond donors (Lipinski definition) is 4. The fourth-order valence-electron chi connectivity index (χ4n) is 12.6. The number of unbranched alkanes of at least 4 members (excludes halogenated alkanes) is 11. The van der Waals surface area contributed by atoms with Crippen molar-refractivity contribution in [3.8, 4) is 0 Å². The molecule has 2 unspecified atom stereocenters. The van der Waals surface area contributed by atoms with Crippen LogP contribution in [0, 0.1) is 46.3 Å². The molecule has 4 fully saturated rings. The monoisotopic (exact) mass is 761 g/mol. The highest BCUT2D eigenvalue weighted by atomic mass is 16.5. The van der Waals surface area contributed by atoms with E-state index in [1.807, 2.05) is 0 Å². The van der Waals surface area contributed by atoms with Crippen LogP contribution >= 0.6 is 0 Å². The molecular formula is C47H92N4O3. The zero-order valence-corrected chi connectivity index (χ0v) is 36.3. The average Bonchev–Trinajstić information content (AvgIpc) is 3.53. The topological polar surface area (TPSA) is 118 Å². The minimum absolute atomic E-state index is 0.179. The number of nitrogens with one attached hydrogen (secondary N) is 1. The first kappa shape index (κ1) is 46.4. The lowest BCUT2D eigenvalue weighted by Gasteiger charge is -2.65. The van der Waals surface area contributed by atoms with Gasteiger partial charge in [0, 0.05) is 25.2 Å². The van der Waals surface area contributed by atoms with Crippen LogP contribution in [0.25, 0.3) is 0 Å². The number of hydrogen-bond acceptors (Lipinski definition) is 7. The molecule has 4 rings (SSSR count). The Morgan fingerprint density at radius 2 is 1.22 bits per heavy atom. The lowest BCUT2D eigenvalue weighted by atomic mass is 9.43. The Bertz CT molecular complexity index is 971. The molecule has 7 nitrogen and oxygen atoms in total. The van der Waals surface area contributed by atoms with Gasteiger partial charge in [-0.3, -0.25) is 0 Å². The van der Waals surface area contributed by atoms with Crippen LogP contribution in [0.2, 0.25) is 0 Å². The van der Waals surface area contributed by atoms with Crippen molar-refractivity contribution in [1.82, 2.24) is 5.32 Å². The third-order valence-electron chi connectivity index (χ3n) is 15.7. The smallest absolute Gasteiger partial charge is 0.0637 e. The van der Waals surface area contributed by atoms with Crippen molar-refractivity contribution in [2.45, 2.75) is 200 Å². The normalized spacial score (nSPS) is 34.1. The molecule has 54 heavy (non-hydrogen) atoms. The molecule has 0 aliphatic heterocycles. The molecule has 0 spiro atoms. The van der Waals surface area contributed by atoms with E-state index < -0.39 is 0 Å². The highest BCUT2D eigenvalue weighted by Crippen LogP contribution is 2.69. The molecule has 0 aromatic carbocycles. The summed E-state index contributed by atoms with van der Waals surface area (Å²) < 4.78 is 20.4. The molecule has 4 aliphatic rings. The Balaban J connectivity index is 1.31. The van der Waals surface area contributed by atoms with Gasteiger partial charge in [-0.1, -0.05) is 98.3 Å². The van der Waals surface area contributed by atoms with E-state index in [2.05, 4.69) is 33.0 Å². The molecule has 0 radical (unpaired) electrons. The molecule has 11 atom stereocenters. The second-order valence-corrected chi connectivity index (χ2v) is 19.2. The van der Waals surface area contributed by atoms with Gasteiger partial charge in [0.1, 0.15) is 0 Å². The van der Waals surface area contributed by atoms with Gasteiger partial charge in [-0.25, -0.2) is 0 Å². The molecule has 7 N–H and O–H groups in total. The highest BCUT2D eigenvalue weighted by Gasteiger charge is 2.66. The first-order valence-electron chi connectivity index (χ1n) is 24.0. The van der Waals surface area contributed by atoms with Crippen LogP contribution in [0.5, 0.6) is 0 Å². The predicted octanol–water partition coefficient (Wildman–Crippen LogP) is 9.77. The summed E-state index contributed by atoms with van der Waals surface area (Å²) in [6.07, 6.45) is 32.0. The molecule has 0 aromatic heterocycles. The summed E-state index contributed by atoms with van der Waals surface area (Å²) in [6, 6.07) is 0. The van der Waals surface area contributed by atoms with Crippen LogP contribution in [-0.2, 0) is 14.2 Å². The van der Waals surface area contributed by atoms with E-state index in [0.717, 1.165) is 52.0 Å². The van der Waals surface area contributed by atoms with Gasteiger partial charge in [-0.05, 0) is 157 Å². The van der Waals surface area contributed by atoms with Gasteiger partial charge in [0.15, 0.2) is 0 Å². The number of fused-ring (bicyclic) bond motifs is 5. The summed E-state index contributed by atoms with van der Waals surface area (Å²) in [5.74, 6) is 3.91. The highest BCUT2D eigenvalue weighted by molar-refractivity contribution is 5.15. The van der Waals surface area contributed by atoms with E-state index in [0.29, 0.717) is 78.9 Å². The van der Waals surface area contributed by atoms with Gasteiger partial charge in [-0.2, -0.15) is 0 Å². The van der Waals surface area contributed by atoms with Gasteiger partial charge in [0.25, 0.3) is 0 Å². The van der Waals surface area contributed by atoms with Crippen molar-refractivity contribution in [2.75, 3.05) is 52.5 Å². The van der Waals surface area contributed by atoms with Gasteiger partial charge in [0.05, 0.1) is 18.3 Å². The quantitative estimate of drug-likeness (QED) is 0.0539. The molecule has 4 saturated carbocycles. The predicted molar refractivity (Wildman–Crippen MR) is 229 cm³/mol. The van der Waals surface area contributed by atoms with E-state index in [1.54, 1.807) is 0 Å². The summed E-state index contributed by atoms with van der Waals surface area (Å²) in [4.78, 5) is 0. The van der Waals surface area contributed by atoms with E-state index >= 15 is 0 Å². The second kappa shape index (κ2) is 25.3. The van der Waals surface area contributed by atoms with Gasteiger partial charge < -0.3 is 36.7 Å². The molecule has 0 aromatic rings. The van der Waals surface area contributed by atoms with E-state index in [1.165, 1.54) is 135 Å². The molecule has 7 heteroatoms. The summed E-state index contributed by atoms with van der Waals surface area (Å²) in [7, 11) is 0. The van der Waals surface area contributed by atoms with E-state index in [9.17, 15) is 0 Å². The summed E-state index contributed by atoms with van der Waals surface area (Å²) >= 11 is 0. The fourth-order valence-corrected chi connectivity index (χ4v) is 12.6. The standard InChI is InChI=1S/C47H92N4O3/c1-5-6-7-8-9-10-11-12-13-14-15-16-29-51-30-17-21-37(2)40-22-23-41-45-42(36-44(47(40,41)4)54-33-20-28-50)46(3)25-24-39(52-31-18-26-48)34-38(46)35-43(45)53-32-19-27-49/h37-45,51H,5-36,48-50H2,1-4H3/t37?,38-,39+,40?,41-,42-,43+,44-,45-,46-,47+/m0/s1. The van der Waals surface area contributed by atoms with Crippen LogP contribution in [0.4, 0.5) is 0 Å². The van der Waals surface area contributed by atoms with Gasteiger partial charge in [-0.15, -0.1) is 0 Å². The Labute approximate surface area is 334 Å². The lowest BCUT2D eigenvalue weighted by molar-refractivity contribution is -0.227. The number of nitrogens with two attached hydrogens (primary N) is 3. The van der Waals surface area contributed by atoms with Crippen molar-refractivity contribution in [3.05, 3.63) is 0 Å². The Hall–Kier alpha value is -0.280. The molecule has 4 aliphatic carbocycles. The number of ether oxygens (including phenoxy) is 3. The summed E-state index contributed by atoms with van der Waals surface area (Å²) in [6.45, 7) is 17.0. The van der Waals surface area contributed by atoms with Crippen molar-refractivity contribution < 1.29 is 14.2 Å². The SMILES string of the molecule is CCCCCCCCCCCCCCNCCCC(C)C1CC[C@H]2[C@@H]3[C@H](OCCCN)C[C@@H]4C[C@H](OCCCN)CC[C@]4(C)[C@H]3C[C@H](OCCCN)[C@]12C. The molecule has 0 saturated heterocycles. The first-order chi connectivity index (χ1) is 26.3. The van der Waals surface area contributed by atoms with E-state index in [4.69, 9.17) is 31.4 Å². The second-order valence-electron chi connectivity index (χ2n) is 19.2. The lowest BCUT2D eigenvalue weighted by Crippen LogP contribution is -2.63. The maximum absolute atomic E-state index is 7.06. The van der Waals surface area contributed by atoms with E-state index in [-0.39, 0.29) is 5.41 Å². The first-order valence-corrected chi connectivity index (χ1v) is 24.0. The summed E-state index contributed by atoms with van der Waals surface area (Å²) in [5.41, 5.74) is 18.3. The summed E-state index contributed by atoms with van der Waals surface area (Å²) in [5, 5.41) is 3.81. The van der Waals surface area contributed by atoms with Crippen LogP contribution in [0.3, 0.4) is 0 Å². The van der Waals surface area contributed by atoms with Crippen LogP contribution in [-0.4, -0.2) is 70.9 Å². The van der Waals surface area contributed by atoms with Crippen molar-refractivity contribution in [1.29, 1.82) is 0 Å². The van der Waals surface area contributed by atoms with Crippen LogP contribution in [0.1, 0.15) is 182 Å². The average molecular weight is 761 g/mol. The Morgan fingerprint density at radius 3 is 1.87 bits per heavy atom. The molecule has 0 bridgehead atoms. The third kappa shape index (κ3) is 12.9. The Morgan fingerprint density at radius 1 is 0.630 bits per heavy atom. The van der Waals surface area contributed by atoms with Crippen LogP contribution < -0.4 is 22.5 Å². The molecule has 318 valence electrons. The third-order valence-corrected chi connectivity index (χ3v) is 15.7. The number of rotatable bonds is 30. The molecular weight excluding hydrogens is 669 g/mol. The van der Waals surface area contributed by atoms with Crippen molar-refractivity contribution in [2.24, 2.45) is 63.5 Å². The van der Waals surface area contributed by atoms with Crippen LogP contribution in [0.15, 0.2) is 0 Å². The van der Waals surface area contributed by atoms with Gasteiger partial charge >= 0.3 is 0 Å². The molecule has 0 amide bonds. The maximum atomic E-state index is 7.06. The largest absolute Gasteiger partial charge is 0.378 e. The zero-order chi connectivity index (χ0) is 38.7. The van der Waals surface area contributed by atoms with Gasteiger partial charge in [0.2, 0.25) is 0 Å². The fraction of sp³-hybridized carbons (Fsp3) is 1.00. The van der Waals surface area contributed by atoms with Crippen molar-refractivity contribution >= 4 is 0 Å².